The number of aromatic amines is 1. The highest BCUT2D eigenvalue weighted by Crippen LogP contribution is 2.13. The summed E-state index contributed by atoms with van der Waals surface area (Å²) >= 11 is 3.41. The molecule has 0 bridgehead atoms. The zero-order valence-electron chi connectivity index (χ0n) is 11.8. The van der Waals surface area contributed by atoms with Gasteiger partial charge in [0, 0.05) is 16.2 Å². The molecule has 0 aliphatic heterocycles. The molecule has 1 atom stereocenters. The molecule has 0 fully saturated rings. The predicted molar refractivity (Wildman–Crippen MR) is 82.8 cm³/mol. The van der Waals surface area contributed by atoms with Gasteiger partial charge < -0.3 is 5.32 Å². The third kappa shape index (κ3) is 3.48. The summed E-state index contributed by atoms with van der Waals surface area (Å²) in [6.45, 7) is 5.69. The molecule has 1 aromatic carbocycles. The molecule has 1 heterocycles. The Balaban J connectivity index is 1.99. The molecular formula is C15H18BrN3O. The van der Waals surface area contributed by atoms with Crippen LogP contribution in [0.25, 0.3) is 0 Å². The zero-order valence-corrected chi connectivity index (χ0v) is 13.4. The fraction of sp³-hybridized carbons (Fsp3) is 0.333. The second kappa shape index (κ2) is 6.22. The minimum Gasteiger partial charge on any atom is -0.349 e. The monoisotopic (exact) mass is 335 g/mol. The second-order valence-electron chi connectivity index (χ2n) is 5.01. The molecule has 0 aliphatic rings. The minimum atomic E-state index is -0.0710. The Morgan fingerprint density at radius 3 is 2.55 bits per heavy atom. The standard InChI is InChI=1S/C15H18BrN3O/c1-9(8-12-4-6-13(16)7-5-12)17-15(20)14-10(2)18-19-11(14)3/h4-7,9H,8H2,1-3H3,(H,17,20)(H,18,19). The van der Waals surface area contributed by atoms with Crippen LogP contribution in [0.2, 0.25) is 0 Å². The van der Waals surface area contributed by atoms with Crippen molar-refractivity contribution < 1.29 is 4.79 Å². The molecule has 0 spiro atoms. The number of halogens is 1. The molecule has 4 nitrogen and oxygen atoms in total. The zero-order chi connectivity index (χ0) is 14.7. The van der Waals surface area contributed by atoms with E-state index < -0.39 is 0 Å². The second-order valence-corrected chi connectivity index (χ2v) is 5.93. The van der Waals surface area contributed by atoms with Crippen molar-refractivity contribution in [1.29, 1.82) is 0 Å². The molecule has 106 valence electrons. The summed E-state index contributed by atoms with van der Waals surface area (Å²) < 4.78 is 1.06. The summed E-state index contributed by atoms with van der Waals surface area (Å²) in [6, 6.07) is 8.20. The lowest BCUT2D eigenvalue weighted by molar-refractivity contribution is 0.0939. The van der Waals surface area contributed by atoms with Gasteiger partial charge in [-0.25, -0.2) is 0 Å². The molecule has 1 aromatic heterocycles. The maximum Gasteiger partial charge on any atom is 0.255 e. The van der Waals surface area contributed by atoms with Gasteiger partial charge in [0.25, 0.3) is 5.91 Å². The van der Waals surface area contributed by atoms with Crippen LogP contribution in [-0.2, 0) is 6.42 Å². The van der Waals surface area contributed by atoms with E-state index in [1.54, 1.807) is 0 Å². The van der Waals surface area contributed by atoms with Crippen molar-refractivity contribution in [3.63, 3.8) is 0 Å². The van der Waals surface area contributed by atoms with Crippen molar-refractivity contribution in [2.45, 2.75) is 33.2 Å². The van der Waals surface area contributed by atoms with Gasteiger partial charge in [-0.1, -0.05) is 28.1 Å². The SMILES string of the molecule is Cc1n[nH]c(C)c1C(=O)NC(C)Cc1ccc(Br)cc1. The summed E-state index contributed by atoms with van der Waals surface area (Å²) in [7, 11) is 0. The summed E-state index contributed by atoms with van der Waals surface area (Å²) in [6.07, 6.45) is 0.801. The van der Waals surface area contributed by atoms with Crippen LogP contribution in [-0.4, -0.2) is 22.1 Å². The van der Waals surface area contributed by atoms with Gasteiger partial charge in [0.05, 0.1) is 11.3 Å². The number of hydrogen-bond acceptors (Lipinski definition) is 2. The molecule has 2 rings (SSSR count). The van der Waals surface area contributed by atoms with Crippen molar-refractivity contribution >= 4 is 21.8 Å². The first kappa shape index (κ1) is 14.8. The van der Waals surface area contributed by atoms with E-state index in [0.717, 1.165) is 22.3 Å². The number of H-pyrrole nitrogens is 1. The molecule has 2 aromatic rings. The van der Waals surface area contributed by atoms with E-state index >= 15 is 0 Å². The Labute approximate surface area is 127 Å². The smallest absolute Gasteiger partial charge is 0.255 e. The van der Waals surface area contributed by atoms with Gasteiger partial charge in [-0.15, -0.1) is 0 Å². The Hall–Kier alpha value is -1.62. The summed E-state index contributed by atoms with van der Waals surface area (Å²) in [5, 5.41) is 9.89. The van der Waals surface area contributed by atoms with E-state index in [9.17, 15) is 4.79 Å². The Bertz CT molecular complexity index is 585. The van der Waals surface area contributed by atoms with E-state index in [0.29, 0.717) is 5.56 Å². The van der Waals surface area contributed by atoms with Crippen LogP contribution in [0.4, 0.5) is 0 Å². The summed E-state index contributed by atoms with van der Waals surface area (Å²) in [5.41, 5.74) is 3.38. The minimum absolute atomic E-state index is 0.0670. The van der Waals surface area contributed by atoms with Crippen molar-refractivity contribution in [1.82, 2.24) is 15.5 Å². The number of nitrogens with one attached hydrogen (secondary N) is 2. The highest BCUT2D eigenvalue weighted by atomic mass is 79.9. The molecule has 0 saturated carbocycles. The van der Waals surface area contributed by atoms with Crippen molar-refractivity contribution in [2.75, 3.05) is 0 Å². The maximum atomic E-state index is 12.2. The fourth-order valence-electron chi connectivity index (χ4n) is 2.21. The van der Waals surface area contributed by atoms with Crippen molar-refractivity contribution in [3.05, 3.63) is 51.3 Å². The van der Waals surface area contributed by atoms with Gasteiger partial charge in [-0.05, 0) is 44.9 Å². The first-order chi connectivity index (χ1) is 9.47. The molecule has 1 amide bonds. The molecule has 2 N–H and O–H groups in total. The van der Waals surface area contributed by atoms with Gasteiger partial charge in [0.15, 0.2) is 0 Å². The average Bonchev–Trinajstić information content (AvgIpc) is 2.72. The molecule has 20 heavy (non-hydrogen) atoms. The number of carbonyl (C=O) groups is 1. The van der Waals surface area contributed by atoms with Gasteiger partial charge in [0.2, 0.25) is 0 Å². The number of benzene rings is 1. The molecule has 0 radical (unpaired) electrons. The summed E-state index contributed by atoms with van der Waals surface area (Å²) in [5.74, 6) is -0.0710. The van der Waals surface area contributed by atoms with Crippen LogP contribution in [0.3, 0.4) is 0 Å². The summed E-state index contributed by atoms with van der Waals surface area (Å²) in [4.78, 5) is 12.2. The van der Waals surface area contributed by atoms with Crippen molar-refractivity contribution in [3.8, 4) is 0 Å². The first-order valence-electron chi connectivity index (χ1n) is 6.54. The number of aryl methyl sites for hydroxylation is 2. The van der Waals surface area contributed by atoms with Gasteiger partial charge in [0.1, 0.15) is 0 Å². The lowest BCUT2D eigenvalue weighted by Crippen LogP contribution is -2.34. The highest BCUT2D eigenvalue weighted by Gasteiger charge is 2.17. The molecular weight excluding hydrogens is 318 g/mol. The number of amides is 1. The highest BCUT2D eigenvalue weighted by molar-refractivity contribution is 9.10. The van der Waals surface area contributed by atoms with Crippen LogP contribution < -0.4 is 5.32 Å². The van der Waals surface area contributed by atoms with Crippen LogP contribution >= 0.6 is 15.9 Å². The third-order valence-corrected chi connectivity index (χ3v) is 3.72. The molecule has 0 saturated heterocycles. The number of nitrogens with zero attached hydrogens (tertiary/aromatic N) is 1. The van der Waals surface area contributed by atoms with Crippen LogP contribution in [0.1, 0.15) is 34.2 Å². The number of aromatic nitrogens is 2. The normalized spacial score (nSPS) is 12.2. The Kier molecular flexibility index (Phi) is 4.60. The van der Waals surface area contributed by atoms with Crippen LogP contribution in [0.5, 0.6) is 0 Å². The van der Waals surface area contributed by atoms with E-state index in [1.165, 1.54) is 5.56 Å². The van der Waals surface area contributed by atoms with E-state index in [4.69, 9.17) is 0 Å². The average molecular weight is 336 g/mol. The van der Waals surface area contributed by atoms with Gasteiger partial charge in [-0.3, -0.25) is 9.89 Å². The van der Waals surface area contributed by atoms with E-state index in [1.807, 2.05) is 32.9 Å². The van der Waals surface area contributed by atoms with Gasteiger partial charge >= 0.3 is 0 Å². The fourth-order valence-corrected chi connectivity index (χ4v) is 2.47. The van der Waals surface area contributed by atoms with E-state index in [2.05, 4.69) is 43.6 Å². The predicted octanol–water partition coefficient (Wildman–Crippen LogP) is 3.15. The number of hydrogen-bond donors (Lipinski definition) is 2. The van der Waals surface area contributed by atoms with Crippen LogP contribution in [0, 0.1) is 13.8 Å². The van der Waals surface area contributed by atoms with Gasteiger partial charge in [-0.2, -0.15) is 5.10 Å². The number of rotatable bonds is 4. The third-order valence-electron chi connectivity index (χ3n) is 3.19. The Morgan fingerprint density at radius 2 is 2.00 bits per heavy atom. The molecule has 0 aliphatic carbocycles. The maximum absolute atomic E-state index is 12.2. The first-order valence-corrected chi connectivity index (χ1v) is 7.33. The Morgan fingerprint density at radius 1 is 1.35 bits per heavy atom. The van der Waals surface area contributed by atoms with Crippen LogP contribution in [0.15, 0.2) is 28.7 Å². The quantitative estimate of drug-likeness (QED) is 0.901. The largest absolute Gasteiger partial charge is 0.349 e. The topological polar surface area (TPSA) is 57.8 Å². The lowest BCUT2D eigenvalue weighted by Gasteiger charge is -2.14. The molecule has 1 unspecified atom stereocenters. The van der Waals surface area contributed by atoms with Crippen molar-refractivity contribution in [2.24, 2.45) is 0 Å². The van der Waals surface area contributed by atoms with E-state index in [-0.39, 0.29) is 11.9 Å². The number of carbonyl (C=O) groups excluding carboxylic acids is 1. The molecule has 5 heteroatoms. The lowest BCUT2D eigenvalue weighted by atomic mass is 10.1.